The first-order valence-electron chi connectivity index (χ1n) is 7.73. The van der Waals surface area contributed by atoms with Crippen LogP contribution in [0, 0.1) is 0 Å². The van der Waals surface area contributed by atoms with E-state index in [1.165, 1.54) is 5.56 Å². The molecule has 2 rings (SSSR count). The van der Waals surface area contributed by atoms with Gasteiger partial charge in [-0.3, -0.25) is 9.59 Å². The van der Waals surface area contributed by atoms with Crippen LogP contribution in [0.15, 0.2) is 24.3 Å². The third-order valence-electron chi connectivity index (χ3n) is 3.99. The quantitative estimate of drug-likeness (QED) is 0.853. The Labute approximate surface area is 131 Å². The van der Waals surface area contributed by atoms with Crippen LogP contribution < -0.4 is 4.74 Å². The van der Waals surface area contributed by atoms with E-state index in [9.17, 15) is 9.59 Å². The lowest BCUT2D eigenvalue weighted by molar-refractivity contribution is -0.139. The highest BCUT2D eigenvalue weighted by molar-refractivity contribution is 5.78. The third-order valence-corrected chi connectivity index (χ3v) is 3.99. The number of nitrogens with zero attached hydrogens (tertiary/aromatic N) is 2. The van der Waals surface area contributed by atoms with Crippen LogP contribution in [-0.4, -0.2) is 54.4 Å². The van der Waals surface area contributed by atoms with Crippen LogP contribution >= 0.6 is 0 Å². The molecule has 0 aromatic heterocycles. The summed E-state index contributed by atoms with van der Waals surface area (Å²) in [6, 6.07) is 7.85. The molecule has 1 aromatic rings. The molecular formula is C17H24N2O3. The molecule has 0 saturated carbocycles. The van der Waals surface area contributed by atoms with Crippen molar-refractivity contribution in [3.63, 3.8) is 0 Å². The van der Waals surface area contributed by atoms with Crippen molar-refractivity contribution >= 4 is 11.8 Å². The lowest BCUT2D eigenvalue weighted by Crippen LogP contribution is -2.51. The summed E-state index contributed by atoms with van der Waals surface area (Å²) in [6.45, 7) is 8.24. The van der Waals surface area contributed by atoms with Gasteiger partial charge < -0.3 is 14.5 Å². The lowest BCUT2D eigenvalue weighted by Gasteiger charge is -2.34. The summed E-state index contributed by atoms with van der Waals surface area (Å²) in [5.74, 6) is 1.22. The van der Waals surface area contributed by atoms with E-state index in [0.717, 1.165) is 0 Å². The van der Waals surface area contributed by atoms with Gasteiger partial charge in [-0.2, -0.15) is 0 Å². The van der Waals surface area contributed by atoms with Gasteiger partial charge in [-0.05, 0) is 23.6 Å². The summed E-state index contributed by atoms with van der Waals surface area (Å²) in [4.78, 5) is 26.9. The minimum atomic E-state index is -0.0314. The van der Waals surface area contributed by atoms with Gasteiger partial charge in [0.2, 0.25) is 5.91 Å². The summed E-state index contributed by atoms with van der Waals surface area (Å²) in [5.41, 5.74) is 1.25. The largest absolute Gasteiger partial charge is 0.484 e. The first-order chi connectivity index (χ1) is 10.5. The summed E-state index contributed by atoms with van der Waals surface area (Å²) >= 11 is 0. The van der Waals surface area contributed by atoms with Crippen molar-refractivity contribution in [1.29, 1.82) is 0 Å². The molecule has 1 aromatic carbocycles. The Kier molecular flexibility index (Phi) is 5.41. The monoisotopic (exact) mass is 304 g/mol. The number of carbonyl (C=O) groups excluding carboxylic acids is 2. The number of rotatable bonds is 4. The van der Waals surface area contributed by atoms with E-state index in [4.69, 9.17) is 4.74 Å². The first kappa shape index (κ1) is 16.3. The van der Waals surface area contributed by atoms with Crippen LogP contribution in [-0.2, 0) is 9.59 Å². The van der Waals surface area contributed by atoms with E-state index < -0.39 is 0 Å². The zero-order valence-electron chi connectivity index (χ0n) is 13.5. The molecule has 1 saturated heterocycles. The Morgan fingerprint density at radius 2 is 1.59 bits per heavy atom. The molecule has 0 aliphatic carbocycles. The molecule has 0 bridgehead atoms. The minimum Gasteiger partial charge on any atom is -0.484 e. The Balaban J connectivity index is 1.79. The van der Waals surface area contributed by atoms with Crippen LogP contribution in [0.3, 0.4) is 0 Å². The van der Waals surface area contributed by atoms with Crippen LogP contribution in [0.4, 0.5) is 0 Å². The van der Waals surface area contributed by atoms with Gasteiger partial charge in [0.15, 0.2) is 6.61 Å². The smallest absolute Gasteiger partial charge is 0.260 e. The maximum atomic E-state index is 12.1. The summed E-state index contributed by atoms with van der Waals surface area (Å²) in [5, 5.41) is 0. The average Bonchev–Trinajstić information content (AvgIpc) is 2.53. The molecule has 22 heavy (non-hydrogen) atoms. The molecule has 5 nitrogen and oxygen atoms in total. The predicted molar refractivity (Wildman–Crippen MR) is 84.9 cm³/mol. The molecule has 1 aliphatic heterocycles. The van der Waals surface area contributed by atoms with E-state index in [2.05, 4.69) is 13.8 Å². The minimum absolute atomic E-state index is 0.0314. The third kappa shape index (κ3) is 4.23. The molecule has 1 fully saturated rings. The number of ether oxygens (including phenoxy) is 1. The number of piperazine rings is 1. The van der Waals surface area contributed by atoms with Gasteiger partial charge in [0.25, 0.3) is 5.91 Å². The molecule has 0 atom stereocenters. The predicted octanol–water partition coefficient (Wildman–Crippen LogP) is 1.88. The van der Waals surface area contributed by atoms with Crippen LogP contribution in [0.25, 0.3) is 0 Å². The first-order valence-corrected chi connectivity index (χ1v) is 7.73. The SMILES string of the molecule is CC(=O)N1CCN(C(=O)COc2ccc(C(C)C)cc2)CC1. The maximum absolute atomic E-state index is 12.1. The second-order valence-electron chi connectivity index (χ2n) is 5.90. The van der Waals surface area contributed by atoms with Crippen molar-refractivity contribution in [2.24, 2.45) is 0 Å². The standard InChI is InChI=1S/C17H24N2O3/c1-13(2)15-4-6-16(7-5-15)22-12-17(21)19-10-8-18(9-11-19)14(3)20/h4-7,13H,8-12H2,1-3H3. The molecule has 0 N–H and O–H groups in total. The number of benzene rings is 1. The molecular weight excluding hydrogens is 280 g/mol. The zero-order chi connectivity index (χ0) is 16.1. The van der Waals surface area contributed by atoms with E-state index in [1.807, 2.05) is 24.3 Å². The number of hydrogen-bond acceptors (Lipinski definition) is 3. The van der Waals surface area contributed by atoms with Crippen molar-refractivity contribution in [2.45, 2.75) is 26.7 Å². The topological polar surface area (TPSA) is 49.9 Å². The van der Waals surface area contributed by atoms with Crippen molar-refractivity contribution in [1.82, 2.24) is 9.80 Å². The second-order valence-corrected chi connectivity index (χ2v) is 5.90. The number of hydrogen-bond donors (Lipinski definition) is 0. The summed E-state index contributed by atoms with van der Waals surface area (Å²) < 4.78 is 5.56. The Hall–Kier alpha value is -2.04. The van der Waals surface area contributed by atoms with Crippen LogP contribution in [0.5, 0.6) is 5.75 Å². The van der Waals surface area contributed by atoms with Crippen molar-refractivity contribution in [3.8, 4) is 5.75 Å². The maximum Gasteiger partial charge on any atom is 0.260 e. The van der Waals surface area contributed by atoms with E-state index in [-0.39, 0.29) is 18.4 Å². The Bertz CT molecular complexity index is 517. The van der Waals surface area contributed by atoms with Crippen molar-refractivity contribution < 1.29 is 14.3 Å². The van der Waals surface area contributed by atoms with Gasteiger partial charge >= 0.3 is 0 Å². The summed E-state index contributed by atoms with van der Waals surface area (Å²) in [7, 11) is 0. The normalized spacial score (nSPS) is 15.1. The summed E-state index contributed by atoms with van der Waals surface area (Å²) in [6.07, 6.45) is 0. The van der Waals surface area contributed by atoms with Gasteiger partial charge in [-0.15, -0.1) is 0 Å². The van der Waals surface area contributed by atoms with Gasteiger partial charge in [-0.25, -0.2) is 0 Å². The van der Waals surface area contributed by atoms with Gasteiger partial charge in [-0.1, -0.05) is 26.0 Å². The van der Waals surface area contributed by atoms with Gasteiger partial charge in [0.1, 0.15) is 5.75 Å². The number of carbonyl (C=O) groups is 2. The molecule has 2 amide bonds. The van der Waals surface area contributed by atoms with Gasteiger partial charge in [0, 0.05) is 33.1 Å². The van der Waals surface area contributed by atoms with Gasteiger partial charge in [0.05, 0.1) is 0 Å². The Morgan fingerprint density at radius 3 is 2.09 bits per heavy atom. The fraction of sp³-hybridized carbons (Fsp3) is 0.529. The van der Waals surface area contributed by atoms with Crippen molar-refractivity contribution in [2.75, 3.05) is 32.8 Å². The van der Waals surface area contributed by atoms with E-state index in [1.54, 1.807) is 16.7 Å². The highest BCUT2D eigenvalue weighted by Crippen LogP contribution is 2.18. The fourth-order valence-electron chi connectivity index (χ4n) is 2.46. The molecule has 0 spiro atoms. The van der Waals surface area contributed by atoms with Crippen molar-refractivity contribution in [3.05, 3.63) is 29.8 Å². The highest BCUT2D eigenvalue weighted by atomic mass is 16.5. The fourth-order valence-corrected chi connectivity index (χ4v) is 2.46. The van der Waals surface area contributed by atoms with Crippen LogP contribution in [0.2, 0.25) is 0 Å². The average molecular weight is 304 g/mol. The molecule has 0 radical (unpaired) electrons. The zero-order valence-corrected chi connectivity index (χ0v) is 13.5. The lowest BCUT2D eigenvalue weighted by atomic mass is 10.0. The highest BCUT2D eigenvalue weighted by Gasteiger charge is 2.22. The molecule has 5 heteroatoms. The Morgan fingerprint density at radius 1 is 1.05 bits per heavy atom. The molecule has 0 unspecified atom stereocenters. The molecule has 1 heterocycles. The molecule has 120 valence electrons. The van der Waals surface area contributed by atoms with E-state index in [0.29, 0.717) is 37.8 Å². The van der Waals surface area contributed by atoms with Crippen LogP contribution in [0.1, 0.15) is 32.3 Å². The molecule has 1 aliphatic rings. The number of amides is 2. The second kappa shape index (κ2) is 7.29. The van der Waals surface area contributed by atoms with E-state index >= 15 is 0 Å².